The highest BCUT2D eigenvalue weighted by atomic mass is 35.5. The first-order valence-corrected chi connectivity index (χ1v) is 9.62. The van der Waals surface area contributed by atoms with Gasteiger partial charge in [-0.2, -0.15) is 11.8 Å². The molecule has 130 valence electrons. The third-order valence-corrected chi connectivity index (χ3v) is 5.15. The molecule has 23 heavy (non-hydrogen) atoms. The maximum Gasteiger partial charge on any atom is 0.149 e. The van der Waals surface area contributed by atoms with E-state index in [1.165, 1.54) is 5.54 Å². The van der Waals surface area contributed by atoms with Gasteiger partial charge in [-0.15, -0.1) is 0 Å². The van der Waals surface area contributed by atoms with Gasteiger partial charge >= 0.3 is 0 Å². The molecule has 0 spiro atoms. The SMILES string of the molecule is CCSC(C)CC1CC(=O)C(C(CC)=NOC/C=C/Cl)C(=O)C1. The van der Waals surface area contributed by atoms with Gasteiger partial charge in [0.2, 0.25) is 0 Å². The Morgan fingerprint density at radius 3 is 2.57 bits per heavy atom. The molecule has 4 nitrogen and oxygen atoms in total. The van der Waals surface area contributed by atoms with Crippen molar-refractivity contribution in [2.75, 3.05) is 12.4 Å². The van der Waals surface area contributed by atoms with Gasteiger partial charge in [0.05, 0.1) is 5.71 Å². The maximum atomic E-state index is 12.4. The Balaban J connectivity index is 2.68. The Morgan fingerprint density at radius 2 is 2.04 bits per heavy atom. The van der Waals surface area contributed by atoms with Gasteiger partial charge in [0.25, 0.3) is 0 Å². The van der Waals surface area contributed by atoms with E-state index in [4.69, 9.17) is 16.4 Å². The van der Waals surface area contributed by atoms with Crippen molar-refractivity contribution in [3.63, 3.8) is 0 Å². The van der Waals surface area contributed by atoms with Gasteiger partial charge in [-0.1, -0.05) is 37.5 Å². The lowest BCUT2D eigenvalue weighted by Gasteiger charge is -2.28. The monoisotopic (exact) mass is 359 g/mol. The molecule has 1 atom stereocenters. The zero-order valence-corrected chi connectivity index (χ0v) is 15.7. The molecule has 0 aromatic heterocycles. The van der Waals surface area contributed by atoms with Crippen molar-refractivity contribution in [2.24, 2.45) is 17.0 Å². The minimum absolute atomic E-state index is 0.0166. The van der Waals surface area contributed by atoms with E-state index >= 15 is 0 Å². The number of rotatable bonds is 9. The molecule has 0 aliphatic heterocycles. The summed E-state index contributed by atoms with van der Waals surface area (Å²) in [6.45, 7) is 6.40. The number of thioether (sulfide) groups is 1. The summed E-state index contributed by atoms with van der Waals surface area (Å²) in [5.74, 6) is 0.469. The average Bonchev–Trinajstić information content (AvgIpc) is 2.49. The summed E-state index contributed by atoms with van der Waals surface area (Å²) < 4.78 is 0. The predicted molar refractivity (Wildman–Crippen MR) is 97.1 cm³/mol. The van der Waals surface area contributed by atoms with Crippen LogP contribution in [0.15, 0.2) is 16.8 Å². The van der Waals surface area contributed by atoms with Gasteiger partial charge in [-0.05, 0) is 30.6 Å². The molecule has 0 heterocycles. The summed E-state index contributed by atoms with van der Waals surface area (Å²) in [5.41, 5.74) is 1.87. The van der Waals surface area contributed by atoms with Crippen LogP contribution in [-0.2, 0) is 14.4 Å². The first-order chi connectivity index (χ1) is 11.0. The van der Waals surface area contributed by atoms with E-state index in [9.17, 15) is 9.59 Å². The first-order valence-electron chi connectivity index (χ1n) is 8.14. The predicted octanol–water partition coefficient (Wildman–Crippen LogP) is 4.22. The van der Waals surface area contributed by atoms with Crippen LogP contribution in [0.25, 0.3) is 0 Å². The zero-order chi connectivity index (χ0) is 17.2. The van der Waals surface area contributed by atoms with Crippen LogP contribution in [-0.4, -0.2) is 34.9 Å². The molecule has 0 amide bonds. The van der Waals surface area contributed by atoms with E-state index in [1.54, 1.807) is 6.08 Å². The van der Waals surface area contributed by atoms with Crippen molar-refractivity contribution in [2.45, 2.75) is 51.7 Å². The van der Waals surface area contributed by atoms with Crippen molar-refractivity contribution in [3.8, 4) is 0 Å². The lowest BCUT2D eigenvalue weighted by Crippen LogP contribution is -2.39. The summed E-state index contributed by atoms with van der Waals surface area (Å²) in [6.07, 6.45) is 3.97. The van der Waals surface area contributed by atoms with Crippen LogP contribution in [0.1, 0.15) is 46.5 Å². The maximum absolute atomic E-state index is 12.4. The molecule has 1 aliphatic rings. The zero-order valence-electron chi connectivity index (χ0n) is 14.1. The second-order valence-electron chi connectivity index (χ2n) is 5.74. The summed E-state index contributed by atoms with van der Waals surface area (Å²) in [5, 5.41) is 4.46. The second kappa shape index (κ2) is 10.9. The largest absolute Gasteiger partial charge is 0.392 e. The summed E-state index contributed by atoms with van der Waals surface area (Å²) in [7, 11) is 0. The quantitative estimate of drug-likeness (QED) is 0.268. The molecular formula is C17H26ClNO3S. The van der Waals surface area contributed by atoms with Gasteiger partial charge in [-0.25, -0.2) is 0 Å². The highest BCUT2D eigenvalue weighted by Crippen LogP contribution is 2.31. The smallest absolute Gasteiger partial charge is 0.149 e. The Labute approximate surface area is 148 Å². The number of oxime groups is 1. The molecule has 1 fully saturated rings. The summed E-state index contributed by atoms with van der Waals surface area (Å²) in [4.78, 5) is 30.0. The standard InChI is InChI=1S/C17H26ClNO3S/c1-4-14(19-22-8-6-7-18)17-15(20)10-13(11-16(17)21)9-12(3)23-5-2/h6-7,12-13,17H,4-5,8-11H2,1-3H3/b7-6+,19-14?. The third-order valence-electron chi connectivity index (χ3n) is 3.88. The number of halogens is 1. The van der Waals surface area contributed by atoms with Crippen molar-refractivity contribution < 1.29 is 14.4 Å². The molecule has 0 radical (unpaired) electrons. The van der Waals surface area contributed by atoms with Crippen LogP contribution < -0.4 is 0 Å². The van der Waals surface area contributed by atoms with E-state index in [0.29, 0.717) is 30.2 Å². The second-order valence-corrected chi connectivity index (χ2v) is 7.70. The van der Waals surface area contributed by atoms with Gasteiger partial charge < -0.3 is 4.84 Å². The van der Waals surface area contributed by atoms with Crippen molar-refractivity contribution in [3.05, 3.63) is 11.6 Å². The molecule has 1 aliphatic carbocycles. The molecule has 0 bridgehead atoms. The fourth-order valence-corrected chi connectivity index (χ4v) is 3.99. The van der Waals surface area contributed by atoms with Crippen LogP contribution in [0.2, 0.25) is 0 Å². The Morgan fingerprint density at radius 1 is 1.39 bits per heavy atom. The Kier molecular flexibility index (Phi) is 9.56. The number of hydrogen-bond acceptors (Lipinski definition) is 5. The van der Waals surface area contributed by atoms with Gasteiger partial charge in [0, 0.05) is 23.6 Å². The number of carbonyl (C=O) groups excluding carboxylic acids is 2. The average molecular weight is 360 g/mol. The van der Waals surface area contributed by atoms with E-state index in [0.717, 1.165) is 12.2 Å². The summed E-state index contributed by atoms with van der Waals surface area (Å²) >= 11 is 7.28. The van der Waals surface area contributed by atoms with E-state index in [2.05, 4.69) is 19.0 Å². The minimum Gasteiger partial charge on any atom is -0.392 e. The first kappa shape index (κ1) is 20.2. The van der Waals surface area contributed by atoms with Crippen molar-refractivity contribution in [1.82, 2.24) is 0 Å². The van der Waals surface area contributed by atoms with Crippen LogP contribution in [0.3, 0.4) is 0 Å². The van der Waals surface area contributed by atoms with Crippen LogP contribution in [0.5, 0.6) is 0 Å². The summed E-state index contributed by atoms with van der Waals surface area (Å²) in [6, 6.07) is 0. The molecule has 1 saturated carbocycles. The van der Waals surface area contributed by atoms with E-state index in [1.807, 2.05) is 18.7 Å². The lowest BCUT2D eigenvalue weighted by atomic mass is 9.76. The van der Waals surface area contributed by atoms with Gasteiger partial charge in [0.1, 0.15) is 24.1 Å². The number of Topliss-reactive ketones (excluding diaryl/α,β-unsaturated/α-hetero) is 2. The molecule has 0 saturated heterocycles. The Bertz CT molecular complexity index is 447. The normalized spacial score (nSPS) is 24.3. The molecule has 0 N–H and O–H groups in total. The fourth-order valence-electron chi connectivity index (χ4n) is 2.94. The highest BCUT2D eigenvalue weighted by molar-refractivity contribution is 7.99. The van der Waals surface area contributed by atoms with Crippen molar-refractivity contribution >= 4 is 40.6 Å². The number of carbonyl (C=O) groups is 2. The number of ketones is 2. The third kappa shape index (κ3) is 6.68. The molecule has 0 aromatic rings. The van der Waals surface area contributed by atoms with E-state index in [-0.39, 0.29) is 24.1 Å². The van der Waals surface area contributed by atoms with Gasteiger partial charge in [0.15, 0.2) is 0 Å². The van der Waals surface area contributed by atoms with Gasteiger partial charge in [-0.3, -0.25) is 9.59 Å². The van der Waals surface area contributed by atoms with Crippen molar-refractivity contribution in [1.29, 1.82) is 0 Å². The van der Waals surface area contributed by atoms with Crippen LogP contribution in [0, 0.1) is 11.8 Å². The number of hydrogen-bond donors (Lipinski definition) is 0. The topological polar surface area (TPSA) is 55.7 Å². The van der Waals surface area contributed by atoms with Crippen LogP contribution in [0.4, 0.5) is 0 Å². The lowest BCUT2D eigenvalue weighted by molar-refractivity contribution is -0.134. The molecule has 1 unspecified atom stereocenters. The highest BCUT2D eigenvalue weighted by Gasteiger charge is 2.38. The molecule has 1 rings (SSSR count). The number of nitrogens with zero attached hydrogens (tertiary/aromatic N) is 1. The Hall–Kier alpha value is -0.810. The fraction of sp³-hybridized carbons (Fsp3) is 0.706. The molecule has 6 heteroatoms. The minimum atomic E-state index is -0.717. The van der Waals surface area contributed by atoms with E-state index < -0.39 is 5.92 Å². The molecule has 0 aromatic carbocycles. The van der Waals surface area contributed by atoms with Crippen LogP contribution >= 0.6 is 23.4 Å². The molecular weight excluding hydrogens is 334 g/mol.